The summed E-state index contributed by atoms with van der Waals surface area (Å²) in [6, 6.07) is 14.9. The fraction of sp³-hybridized carbons (Fsp3) is 0.333. The zero-order valence-electron chi connectivity index (χ0n) is 17.6. The lowest BCUT2D eigenvalue weighted by Crippen LogP contribution is -2.54. The molecule has 1 aliphatic carbocycles. The van der Waals surface area contributed by atoms with E-state index in [4.69, 9.17) is 5.73 Å². The standard InChI is InChI=1S/C24H27N3O5/c25-22(30)20(17-12-7-13-18(28)14-17)27-24(32)21(29)19(15-8-3-1-4-9-15)26-23(31)16-10-5-2-6-11-16/h1-6,8-11,17,19-21,29H,7,12-14H2,(H2,25,30)(H,26,31)(H,27,32)/t17-,19+,20+,21-/m1/s1. The van der Waals surface area contributed by atoms with E-state index in [-0.39, 0.29) is 12.2 Å². The average Bonchev–Trinajstić information content (AvgIpc) is 2.81. The molecule has 5 N–H and O–H groups in total. The van der Waals surface area contributed by atoms with Gasteiger partial charge in [0.25, 0.3) is 11.8 Å². The van der Waals surface area contributed by atoms with Crippen molar-refractivity contribution in [3.8, 4) is 0 Å². The van der Waals surface area contributed by atoms with Gasteiger partial charge in [0, 0.05) is 18.4 Å². The summed E-state index contributed by atoms with van der Waals surface area (Å²) in [4.78, 5) is 49.4. The Bertz CT molecular complexity index is 964. The molecule has 2 aromatic rings. The largest absolute Gasteiger partial charge is 0.381 e. The van der Waals surface area contributed by atoms with Gasteiger partial charge in [0.1, 0.15) is 11.8 Å². The second kappa shape index (κ2) is 10.7. The lowest BCUT2D eigenvalue weighted by atomic mass is 9.82. The first-order chi connectivity index (χ1) is 15.4. The molecule has 1 fully saturated rings. The molecular formula is C24H27N3O5. The number of nitrogens with one attached hydrogen (secondary N) is 2. The smallest absolute Gasteiger partial charge is 0.252 e. The summed E-state index contributed by atoms with van der Waals surface area (Å²) in [7, 11) is 0. The van der Waals surface area contributed by atoms with Gasteiger partial charge in [0.05, 0.1) is 6.04 Å². The SMILES string of the molecule is NC(=O)[C@@H](NC(=O)[C@H](O)[C@@H](NC(=O)c1ccccc1)c1ccccc1)[C@@H]1CCCC(=O)C1. The summed E-state index contributed by atoms with van der Waals surface area (Å²) < 4.78 is 0. The summed E-state index contributed by atoms with van der Waals surface area (Å²) in [5.41, 5.74) is 6.38. The second-order valence-corrected chi connectivity index (χ2v) is 7.96. The maximum Gasteiger partial charge on any atom is 0.252 e. The zero-order valence-corrected chi connectivity index (χ0v) is 17.6. The Balaban J connectivity index is 1.79. The van der Waals surface area contributed by atoms with Gasteiger partial charge in [0.15, 0.2) is 6.10 Å². The van der Waals surface area contributed by atoms with Crippen molar-refractivity contribution in [3.63, 3.8) is 0 Å². The minimum atomic E-state index is -1.69. The normalized spacial score (nSPS) is 18.8. The molecule has 1 saturated carbocycles. The van der Waals surface area contributed by atoms with Gasteiger partial charge in [-0.3, -0.25) is 19.2 Å². The van der Waals surface area contributed by atoms with E-state index in [0.29, 0.717) is 30.4 Å². The van der Waals surface area contributed by atoms with Crippen LogP contribution in [-0.4, -0.2) is 40.8 Å². The Morgan fingerprint density at radius 3 is 2.19 bits per heavy atom. The molecule has 0 unspecified atom stereocenters. The molecule has 0 spiro atoms. The van der Waals surface area contributed by atoms with Crippen LogP contribution in [-0.2, 0) is 14.4 Å². The number of carbonyl (C=O) groups excluding carboxylic acids is 4. The first-order valence-electron chi connectivity index (χ1n) is 10.6. The maximum absolute atomic E-state index is 12.9. The van der Waals surface area contributed by atoms with Gasteiger partial charge in [-0.05, 0) is 36.5 Å². The minimum Gasteiger partial charge on any atom is -0.381 e. The van der Waals surface area contributed by atoms with E-state index < -0.39 is 41.8 Å². The first kappa shape index (κ1) is 23.1. The summed E-state index contributed by atoms with van der Waals surface area (Å²) in [6.07, 6.45) is 0.0941. The van der Waals surface area contributed by atoms with Crippen molar-refractivity contribution in [2.24, 2.45) is 11.7 Å². The van der Waals surface area contributed by atoms with E-state index in [1.165, 1.54) is 0 Å². The Kier molecular flexibility index (Phi) is 7.72. The van der Waals surface area contributed by atoms with Crippen LogP contribution >= 0.6 is 0 Å². The van der Waals surface area contributed by atoms with Crippen LogP contribution in [0.5, 0.6) is 0 Å². The highest BCUT2D eigenvalue weighted by molar-refractivity contribution is 5.95. The highest BCUT2D eigenvalue weighted by Gasteiger charge is 2.36. The van der Waals surface area contributed by atoms with E-state index in [2.05, 4.69) is 10.6 Å². The third kappa shape index (κ3) is 5.79. The minimum absolute atomic E-state index is 0.0135. The Morgan fingerprint density at radius 2 is 1.59 bits per heavy atom. The topological polar surface area (TPSA) is 139 Å². The summed E-state index contributed by atoms with van der Waals surface area (Å²) in [6.45, 7) is 0. The molecule has 3 rings (SSSR count). The molecule has 0 radical (unpaired) electrons. The predicted octanol–water partition coefficient (Wildman–Crippen LogP) is 1.25. The molecule has 0 saturated heterocycles. The van der Waals surface area contributed by atoms with Crippen LogP contribution in [0.2, 0.25) is 0 Å². The molecule has 8 nitrogen and oxygen atoms in total. The average molecular weight is 437 g/mol. The van der Waals surface area contributed by atoms with Crippen molar-refractivity contribution in [2.75, 3.05) is 0 Å². The highest BCUT2D eigenvalue weighted by atomic mass is 16.3. The number of aliphatic hydroxyl groups excluding tert-OH is 1. The molecule has 168 valence electrons. The Labute approximate surface area is 186 Å². The van der Waals surface area contributed by atoms with E-state index in [1.54, 1.807) is 60.7 Å². The Hall–Kier alpha value is -3.52. The number of hydrogen-bond donors (Lipinski definition) is 4. The van der Waals surface area contributed by atoms with Crippen LogP contribution in [0.1, 0.15) is 47.6 Å². The number of primary amides is 1. The van der Waals surface area contributed by atoms with Gasteiger partial charge in [-0.1, -0.05) is 48.5 Å². The van der Waals surface area contributed by atoms with Gasteiger partial charge >= 0.3 is 0 Å². The zero-order chi connectivity index (χ0) is 23.1. The number of aliphatic hydroxyl groups is 1. The van der Waals surface area contributed by atoms with Crippen LogP contribution in [0.25, 0.3) is 0 Å². The summed E-state index contributed by atoms with van der Waals surface area (Å²) in [5.74, 6) is -2.49. The fourth-order valence-electron chi connectivity index (χ4n) is 3.97. The number of ketones is 1. The monoisotopic (exact) mass is 437 g/mol. The van der Waals surface area contributed by atoms with Crippen LogP contribution < -0.4 is 16.4 Å². The fourth-order valence-corrected chi connectivity index (χ4v) is 3.97. The molecule has 3 amide bonds. The summed E-state index contributed by atoms with van der Waals surface area (Å²) in [5, 5.41) is 16.1. The van der Waals surface area contributed by atoms with Crippen LogP contribution in [0.4, 0.5) is 0 Å². The number of amides is 3. The molecule has 2 aromatic carbocycles. The molecule has 0 aromatic heterocycles. The van der Waals surface area contributed by atoms with Gasteiger partial charge < -0.3 is 21.5 Å². The molecule has 0 bridgehead atoms. The van der Waals surface area contributed by atoms with Crippen molar-refractivity contribution < 1.29 is 24.3 Å². The van der Waals surface area contributed by atoms with Gasteiger partial charge in [-0.15, -0.1) is 0 Å². The summed E-state index contributed by atoms with van der Waals surface area (Å²) >= 11 is 0. The second-order valence-electron chi connectivity index (χ2n) is 7.96. The molecule has 0 heterocycles. The van der Waals surface area contributed by atoms with Gasteiger partial charge in [-0.25, -0.2) is 0 Å². The number of Topliss-reactive ketones (excluding diaryl/α,β-unsaturated/α-hetero) is 1. The molecule has 4 atom stereocenters. The lowest BCUT2D eigenvalue weighted by molar-refractivity contribution is -0.136. The number of benzene rings is 2. The molecule has 32 heavy (non-hydrogen) atoms. The third-order valence-corrected chi connectivity index (χ3v) is 5.66. The quantitative estimate of drug-likeness (QED) is 0.492. The van der Waals surface area contributed by atoms with E-state index in [0.717, 1.165) is 0 Å². The van der Waals surface area contributed by atoms with E-state index in [9.17, 15) is 24.3 Å². The molecular weight excluding hydrogens is 410 g/mol. The number of carbonyl (C=O) groups is 4. The highest BCUT2D eigenvalue weighted by Crippen LogP contribution is 2.25. The number of nitrogens with two attached hydrogens (primary N) is 1. The van der Waals surface area contributed by atoms with E-state index >= 15 is 0 Å². The number of hydrogen-bond acceptors (Lipinski definition) is 5. The molecule has 8 heteroatoms. The molecule has 0 aliphatic heterocycles. The van der Waals surface area contributed by atoms with E-state index in [1.807, 2.05) is 0 Å². The first-order valence-corrected chi connectivity index (χ1v) is 10.6. The molecule has 1 aliphatic rings. The van der Waals surface area contributed by atoms with Crippen molar-refractivity contribution in [2.45, 2.75) is 43.9 Å². The van der Waals surface area contributed by atoms with Gasteiger partial charge in [-0.2, -0.15) is 0 Å². The van der Waals surface area contributed by atoms with Crippen molar-refractivity contribution in [1.82, 2.24) is 10.6 Å². The third-order valence-electron chi connectivity index (χ3n) is 5.66. The lowest BCUT2D eigenvalue weighted by Gasteiger charge is -2.30. The van der Waals surface area contributed by atoms with Crippen molar-refractivity contribution in [1.29, 1.82) is 0 Å². The van der Waals surface area contributed by atoms with Crippen LogP contribution in [0.15, 0.2) is 60.7 Å². The van der Waals surface area contributed by atoms with Crippen molar-refractivity contribution >= 4 is 23.5 Å². The van der Waals surface area contributed by atoms with Crippen molar-refractivity contribution in [3.05, 3.63) is 71.8 Å². The maximum atomic E-state index is 12.9. The van der Waals surface area contributed by atoms with Crippen LogP contribution in [0, 0.1) is 5.92 Å². The van der Waals surface area contributed by atoms with Crippen LogP contribution in [0.3, 0.4) is 0 Å². The van der Waals surface area contributed by atoms with Gasteiger partial charge in [0.2, 0.25) is 5.91 Å². The number of rotatable bonds is 8. The predicted molar refractivity (Wildman–Crippen MR) is 117 cm³/mol. The Morgan fingerprint density at radius 1 is 0.969 bits per heavy atom.